The molecule has 2 fully saturated rings. The smallest absolute Gasteiger partial charge is 0.254 e. The molecule has 2 aromatic rings. The highest BCUT2D eigenvalue weighted by Gasteiger charge is 2.38. The van der Waals surface area contributed by atoms with Gasteiger partial charge in [-0.05, 0) is 76.8 Å². The van der Waals surface area contributed by atoms with E-state index in [4.69, 9.17) is 4.74 Å². The molecule has 5 rings (SSSR count). The maximum atomic E-state index is 12.8. The van der Waals surface area contributed by atoms with Crippen molar-refractivity contribution in [1.29, 1.82) is 0 Å². The van der Waals surface area contributed by atoms with E-state index < -0.39 is 0 Å². The van der Waals surface area contributed by atoms with Crippen molar-refractivity contribution in [2.75, 3.05) is 0 Å². The van der Waals surface area contributed by atoms with Gasteiger partial charge in [0.1, 0.15) is 0 Å². The van der Waals surface area contributed by atoms with Crippen LogP contribution in [0.3, 0.4) is 0 Å². The highest BCUT2D eigenvalue weighted by atomic mass is 32.2. The number of thioether (sulfide) groups is 1. The molecule has 1 aromatic carbocycles. The lowest BCUT2D eigenvalue weighted by Crippen LogP contribution is -2.45. The summed E-state index contributed by atoms with van der Waals surface area (Å²) >= 11 is 1.92. The summed E-state index contributed by atoms with van der Waals surface area (Å²) in [7, 11) is 0. The van der Waals surface area contributed by atoms with Crippen molar-refractivity contribution in [3.05, 3.63) is 58.6 Å². The topological polar surface area (TPSA) is 68.2 Å². The third-order valence-electron chi connectivity index (χ3n) is 6.76. The first-order valence-corrected chi connectivity index (χ1v) is 12.6. The quantitative estimate of drug-likeness (QED) is 0.605. The van der Waals surface area contributed by atoms with Gasteiger partial charge in [0, 0.05) is 10.9 Å². The van der Waals surface area contributed by atoms with Gasteiger partial charge in [-0.25, -0.2) is 4.68 Å². The monoisotopic (exact) mass is 452 g/mol. The first-order valence-electron chi connectivity index (χ1n) is 11.7. The Hall–Kier alpha value is -2.41. The van der Waals surface area contributed by atoms with Crippen molar-refractivity contribution >= 4 is 17.7 Å². The van der Waals surface area contributed by atoms with Crippen molar-refractivity contribution in [3.63, 3.8) is 0 Å². The number of nitrogens with one attached hydrogen (secondary N) is 2. The second kappa shape index (κ2) is 8.85. The zero-order valence-electron chi connectivity index (χ0n) is 19.0. The number of ether oxygens (including phenoxy) is 1. The highest BCUT2D eigenvalue weighted by molar-refractivity contribution is 8.03. The van der Waals surface area contributed by atoms with Crippen LogP contribution in [0.4, 0.5) is 0 Å². The number of benzene rings is 1. The Kier molecular flexibility index (Phi) is 5.93. The predicted octanol–water partition coefficient (Wildman–Crippen LogP) is 4.75. The molecule has 3 aliphatic rings. The molecule has 0 saturated heterocycles. The fourth-order valence-electron chi connectivity index (χ4n) is 4.72. The standard InChI is InChI=1S/C25H32N4O2S/c1-15(31-24-17(3)32-25(28-24)19-9-10-19)11-18-12-20(13-18)27-23(30)22-14-26-29(16(22)2)21-7-5-4-6-8-21/h4-8,14-15,18-20,25,28H,9-13H2,1-3H3,(H,27,30)/t15-,18?,20?,25?/m0/s1. The van der Waals surface area contributed by atoms with Crippen molar-refractivity contribution in [2.24, 2.45) is 11.8 Å². The average Bonchev–Trinajstić information content (AvgIpc) is 3.44. The third kappa shape index (κ3) is 4.53. The summed E-state index contributed by atoms with van der Waals surface area (Å²) in [4.78, 5) is 14.1. The molecule has 1 amide bonds. The van der Waals surface area contributed by atoms with Gasteiger partial charge in [0.2, 0.25) is 0 Å². The summed E-state index contributed by atoms with van der Waals surface area (Å²) in [5.41, 5.74) is 2.47. The minimum atomic E-state index is -0.0310. The molecule has 1 unspecified atom stereocenters. The predicted molar refractivity (Wildman–Crippen MR) is 127 cm³/mol. The molecule has 2 N–H and O–H groups in total. The molecule has 1 aromatic heterocycles. The van der Waals surface area contributed by atoms with Crippen LogP contribution >= 0.6 is 11.8 Å². The number of hydrogen-bond donors (Lipinski definition) is 2. The van der Waals surface area contributed by atoms with E-state index in [2.05, 4.69) is 29.6 Å². The first-order chi connectivity index (χ1) is 15.5. The Balaban J connectivity index is 1.08. The first kappa shape index (κ1) is 21.4. The average molecular weight is 453 g/mol. The van der Waals surface area contributed by atoms with Crippen LogP contribution in [0, 0.1) is 18.8 Å². The van der Waals surface area contributed by atoms with Crippen molar-refractivity contribution in [1.82, 2.24) is 20.4 Å². The van der Waals surface area contributed by atoms with Gasteiger partial charge in [0.15, 0.2) is 5.88 Å². The van der Waals surface area contributed by atoms with Crippen molar-refractivity contribution < 1.29 is 9.53 Å². The Morgan fingerprint density at radius 2 is 2.03 bits per heavy atom. The normalized spacial score (nSPS) is 25.8. The van der Waals surface area contributed by atoms with E-state index >= 15 is 0 Å². The molecule has 7 heteroatoms. The lowest BCUT2D eigenvalue weighted by atomic mass is 9.77. The van der Waals surface area contributed by atoms with Crippen LogP contribution in [0.2, 0.25) is 0 Å². The van der Waals surface area contributed by atoms with E-state index in [0.717, 1.165) is 42.4 Å². The van der Waals surface area contributed by atoms with Gasteiger partial charge in [-0.3, -0.25) is 4.79 Å². The van der Waals surface area contributed by atoms with Gasteiger partial charge < -0.3 is 15.4 Å². The summed E-state index contributed by atoms with van der Waals surface area (Å²) in [6.07, 6.45) is 7.56. The van der Waals surface area contributed by atoms with Crippen LogP contribution in [0.1, 0.15) is 62.0 Å². The van der Waals surface area contributed by atoms with Crippen LogP contribution in [0.15, 0.2) is 47.3 Å². The largest absolute Gasteiger partial charge is 0.476 e. The Labute approximate surface area is 194 Å². The second-order valence-corrected chi connectivity index (χ2v) is 10.8. The van der Waals surface area contributed by atoms with E-state index in [1.165, 1.54) is 17.7 Å². The second-order valence-electron chi connectivity index (χ2n) is 9.47. The van der Waals surface area contributed by atoms with Crippen molar-refractivity contribution in [2.45, 2.75) is 70.4 Å². The molecule has 1 aliphatic heterocycles. The fraction of sp³-hybridized carbons (Fsp3) is 0.520. The van der Waals surface area contributed by atoms with Gasteiger partial charge in [-0.2, -0.15) is 5.10 Å². The van der Waals surface area contributed by atoms with E-state index in [1.807, 2.05) is 53.7 Å². The third-order valence-corrected chi connectivity index (χ3v) is 8.05. The Bertz CT molecular complexity index is 1010. The van der Waals surface area contributed by atoms with Gasteiger partial charge in [-0.1, -0.05) is 18.2 Å². The molecule has 6 nitrogen and oxygen atoms in total. The van der Waals surface area contributed by atoms with Crippen molar-refractivity contribution in [3.8, 4) is 5.69 Å². The maximum Gasteiger partial charge on any atom is 0.254 e. The van der Waals surface area contributed by atoms with Crippen LogP contribution < -0.4 is 10.6 Å². The van der Waals surface area contributed by atoms with Gasteiger partial charge in [-0.15, -0.1) is 11.8 Å². The van der Waals surface area contributed by atoms with Gasteiger partial charge >= 0.3 is 0 Å². The molecular formula is C25H32N4O2S. The molecule has 2 saturated carbocycles. The summed E-state index contributed by atoms with van der Waals surface area (Å²) in [5.74, 6) is 2.36. The number of carbonyl (C=O) groups excluding carboxylic acids is 1. The van der Waals surface area contributed by atoms with Crippen LogP contribution in [0.5, 0.6) is 0 Å². The van der Waals surface area contributed by atoms with Gasteiger partial charge in [0.05, 0.1) is 34.6 Å². The fourth-order valence-corrected chi connectivity index (χ4v) is 5.95. The van der Waals surface area contributed by atoms with E-state index in [0.29, 0.717) is 16.9 Å². The molecular weight excluding hydrogens is 420 g/mol. The Morgan fingerprint density at radius 3 is 2.75 bits per heavy atom. The lowest BCUT2D eigenvalue weighted by molar-refractivity contribution is 0.0648. The molecule has 2 aliphatic carbocycles. The van der Waals surface area contributed by atoms with E-state index in [1.54, 1.807) is 6.20 Å². The Morgan fingerprint density at radius 1 is 1.28 bits per heavy atom. The number of aromatic nitrogens is 2. The number of carbonyl (C=O) groups is 1. The molecule has 0 spiro atoms. The highest BCUT2D eigenvalue weighted by Crippen LogP contribution is 2.44. The number of para-hydroxylation sites is 1. The van der Waals surface area contributed by atoms with Crippen LogP contribution in [-0.4, -0.2) is 33.2 Å². The van der Waals surface area contributed by atoms with Gasteiger partial charge in [0.25, 0.3) is 5.91 Å². The maximum absolute atomic E-state index is 12.8. The number of hydrogen-bond acceptors (Lipinski definition) is 5. The molecule has 0 bridgehead atoms. The summed E-state index contributed by atoms with van der Waals surface area (Å²) < 4.78 is 8.05. The summed E-state index contributed by atoms with van der Waals surface area (Å²) in [6, 6.07) is 10.1. The number of allylic oxidation sites excluding steroid dienone is 1. The molecule has 2 heterocycles. The molecule has 2 atom stereocenters. The zero-order chi connectivity index (χ0) is 22.2. The number of nitrogens with zero attached hydrogens (tertiary/aromatic N) is 2. The summed E-state index contributed by atoms with van der Waals surface area (Å²) in [6.45, 7) is 6.25. The lowest BCUT2D eigenvalue weighted by Gasteiger charge is -2.37. The SMILES string of the molecule is CC1=C(O[C@@H](C)CC2CC(NC(=O)c3cnn(-c4ccccc4)c3C)C2)NC(C2CC2)S1. The number of rotatable bonds is 8. The van der Waals surface area contributed by atoms with Crippen LogP contribution in [-0.2, 0) is 4.74 Å². The zero-order valence-corrected chi connectivity index (χ0v) is 19.8. The summed E-state index contributed by atoms with van der Waals surface area (Å²) in [5, 5.41) is 11.7. The molecule has 0 radical (unpaired) electrons. The molecule has 32 heavy (non-hydrogen) atoms. The van der Waals surface area contributed by atoms with Crippen LogP contribution in [0.25, 0.3) is 5.69 Å². The minimum Gasteiger partial charge on any atom is -0.476 e. The minimum absolute atomic E-state index is 0.0310. The molecule has 170 valence electrons. The number of amides is 1. The van der Waals surface area contributed by atoms with E-state index in [9.17, 15) is 4.79 Å². The van der Waals surface area contributed by atoms with E-state index in [-0.39, 0.29) is 18.1 Å².